The van der Waals surface area contributed by atoms with Crippen LogP contribution >= 0.6 is 15.9 Å². The minimum atomic E-state index is -0.910. The van der Waals surface area contributed by atoms with Crippen molar-refractivity contribution in [3.8, 4) is 0 Å². The van der Waals surface area contributed by atoms with Crippen LogP contribution < -0.4 is 10.6 Å². The molecule has 0 spiro atoms. The van der Waals surface area contributed by atoms with Gasteiger partial charge in [-0.1, -0.05) is 29.8 Å². The SMILES string of the molecule is CCC(CC)(CNC(=O)Nc1ccc(Br)c(C)c1)C(=O)O. The average Bonchev–Trinajstić information content (AvgIpc) is 2.44. The molecule has 116 valence electrons. The van der Waals surface area contributed by atoms with Crippen molar-refractivity contribution >= 4 is 33.6 Å². The molecule has 0 heterocycles. The molecule has 0 radical (unpaired) electrons. The van der Waals surface area contributed by atoms with E-state index in [9.17, 15) is 14.7 Å². The van der Waals surface area contributed by atoms with Gasteiger partial charge in [-0.3, -0.25) is 4.79 Å². The number of hydrogen-bond acceptors (Lipinski definition) is 2. The first-order chi connectivity index (χ1) is 9.84. The van der Waals surface area contributed by atoms with E-state index in [1.165, 1.54) is 0 Å². The number of hydrogen-bond donors (Lipinski definition) is 3. The Hall–Kier alpha value is -1.56. The van der Waals surface area contributed by atoms with Crippen LogP contribution in [0.2, 0.25) is 0 Å². The lowest BCUT2D eigenvalue weighted by Crippen LogP contribution is -2.43. The summed E-state index contributed by atoms with van der Waals surface area (Å²) in [5.74, 6) is -0.882. The number of halogens is 1. The smallest absolute Gasteiger partial charge is 0.319 e. The summed E-state index contributed by atoms with van der Waals surface area (Å²) in [7, 11) is 0. The molecular formula is C15H21BrN2O3. The maximum atomic E-state index is 11.9. The van der Waals surface area contributed by atoms with Gasteiger partial charge in [-0.15, -0.1) is 0 Å². The molecule has 6 heteroatoms. The lowest BCUT2D eigenvalue weighted by Gasteiger charge is -2.26. The van der Waals surface area contributed by atoms with E-state index in [0.717, 1.165) is 10.0 Å². The van der Waals surface area contributed by atoms with Crippen LogP contribution in [0.3, 0.4) is 0 Å². The van der Waals surface area contributed by atoms with E-state index in [-0.39, 0.29) is 6.54 Å². The summed E-state index contributed by atoms with van der Waals surface area (Å²) < 4.78 is 0.968. The Bertz CT molecular complexity index is 528. The van der Waals surface area contributed by atoms with Gasteiger partial charge in [-0.25, -0.2) is 4.79 Å². The van der Waals surface area contributed by atoms with E-state index in [4.69, 9.17) is 0 Å². The molecule has 1 rings (SSSR count). The molecule has 21 heavy (non-hydrogen) atoms. The van der Waals surface area contributed by atoms with E-state index < -0.39 is 17.4 Å². The van der Waals surface area contributed by atoms with Crippen LogP contribution in [0.5, 0.6) is 0 Å². The highest BCUT2D eigenvalue weighted by Crippen LogP contribution is 2.25. The number of amides is 2. The number of anilines is 1. The molecule has 0 aromatic heterocycles. The number of rotatable bonds is 6. The predicted molar refractivity (Wildman–Crippen MR) is 86.6 cm³/mol. The maximum Gasteiger partial charge on any atom is 0.319 e. The van der Waals surface area contributed by atoms with Crippen molar-refractivity contribution < 1.29 is 14.7 Å². The van der Waals surface area contributed by atoms with Gasteiger partial charge >= 0.3 is 12.0 Å². The molecule has 0 saturated carbocycles. The van der Waals surface area contributed by atoms with Crippen molar-refractivity contribution in [1.29, 1.82) is 0 Å². The number of carbonyl (C=O) groups is 2. The third-order valence-corrected chi connectivity index (χ3v) is 4.70. The van der Waals surface area contributed by atoms with Crippen LogP contribution in [0, 0.1) is 12.3 Å². The zero-order valence-electron chi connectivity index (χ0n) is 12.5. The largest absolute Gasteiger partial charge is 0.481 e. The molecule has 0 bridgehead atoms. The number of benzene rings is 1. The zero-order chi connectivity index (χ0) is 16.0. The van der Waals surface area contributed by atoms with Gasteiger partial charge in [0, 0.05) is 16.7 Å². The number of carboxylic acids is 1. The van der Waals surface area contributed by atoms with Crippen molar-refractivity contribution in [1.82, 2.24) is 5.32 Å². The van der Waals surface area contributed by atoms with Crippen LogP contribution in [0.15, 0.2) is 22.7 Å². The molecule has 1 aromatic rings. The number of carboxylic acid groups (broad SMARTS) is 1. The van der Waals surface area contributed by atoms with Gasteiger partial charge < -0.3 is 15.7 Å². The van der Waals surface area contributed by atoms with Crippen molar-refractivity contribution in [2.75, 3.05) is 11.9 Å². The van der Waals surface area contributed by atoms with Crippen LogP contribution in [0.4, 0.5) is 10.5 Å². The molecule has 0 atom stereocenters. The molecule has 5 nitrogen and oxygen atoms in total. The summed E-state index contributed by atoms with van der Waals surface area (Å²) in [5.41, 5.74) is 0.768. The minimum Gasteiger partial charge on any atom is -0.481 e. The van der Waals surface area contributed by atoms with Gasteiger partial charge in [0.25, 0.3) is 0 Å². The predicted octanol–water partition coefficient (Wildman–Crippen LogP) is 3.77. The Morgan fingerprint density at radius 2 is 1.90 bits per heavy atom. The monoisotopic (exact) mass is 356 g/mol. The molecule has 0 aliphatic rings. The maximum absolute atomic E-state index is 11.9. The highest BCUT2D eigenvalue weighted by molar-refractivity contribution is 9.10. The van der Waals surface area contributed by atoms with E-state index in [1.54, 1.807) is 6.07 Å². The Labute approximate surface area is 133 Å². The molecule has 0 saturated heterocycles. The van der Waals surface area contributed by atoms with Crippen LogP contribution in [0.1, 0.15) is 32.3 Å². The highest BCUT2D eigenvalue weighted by Gasteiger charge is 2.35. The van der Waals surface area contributed by atoms with Gasteiger partial charge in [0.15, 0.2) is 0 Å². The summed E-state index contributed by atoms with van der Waals surface area (Å²) in [4.78, 5) is 23.2. The Balaban J connectivity index is 2.65. The Kier molecular flexibility index (Phi) is 6.20. The van der Waals surface area contributed by atoms with Gasteiger partial charge in [0.05, 0.1) is 5.41 Å². The third kappa shape index (κ3) is 4.46. The van der Waals surface area contributed by atoms with Crippen molar-refractivity contribution in [2.45, 2.75) is 33.6 Å². The Morgan fingerprint density at radius 3 is 2.38 bits per heavy atom. The summed E-state index contributed by atoms with van der Waals surface area (Å²) in [6, 6.07) is 5.07. The van der Waals surface area contributed by atoms with E-state index in [0.29, 0.717) is 18.5 Å². The molecular weight excluding hydrogens is 336 g/mol. The van der Waals surface area contributed by atoms with E-state index >= 15 is 0 Å². The number of nitrogens with one attached hydrogen (secondary N) is 2. The van der Waals surface area contributed by atoms with Gasteiger partial charge in [-0.05, 0) is 43.5 Å². The van der Waals surface area contributed by atoms with Gasteiger partial charge in [0.1, 0.15) is 0 Å². The zero-order valence-corrected chi connectivity index (χ0v) is 14.1. The number of aryl methyl sites for hydroxylation is 1. The minimum absolute atomic E-state index is 0.108. The normalized spacial score (nSPS) is 11.0. The van der Waals surface area contributed by atoms with Gasteiger partial charge in [-0.2, -0.15) is 0 Å². The van der Waals surface area contributed by atoms with Crippen LogP contribution in [0.25, 0.3) is 0 Å². The molecule has 2 amide bonds. The first kappa shape index (κ1) is 17.5. The highest BCUT2D eigenvalue weighted by atomic mass is 79.9. The Morgan fingerprint density at radius 1 is 1.29 bits per heavy atom. The standard InChI is InChI=1S/C15H21BrN2O3/c1-4-15(5-2,13(19)20)9-17-14(21)18-11-6-7-12(16)10(3)8-11/h6-8H,4-5,9H2,1-3H3,(H,19,20)(H2,17,18,21). The fourth-order valence-corrected chi connectivity index (χ4v) is 2.27. The topological polar surface area (TPSA) is 78.4 Å². The number of urea groups is 1. The second kappa shape index (κ2) is 7.45. The van der Waals surface area contributed by atoms with E-state index in [2.05, 4.69) is 26.6 Å². The molecule has 1 aromatic carbocycles. The summed E-state index contributed by atoms with van der Waals surface area (Å²) >= 11 is 3.39. The fourth-order valence-electron chi connectivity index (χ4n) is 2.03. The summed E-state index contributed by atoms with van der Waals surface area (Å²) in [6.07, 6.45) is 0.938. The molecule has 0 unspecified atom stereocenters. The summed E-state index contributed by atoms with van der Waals surface area (Å²) in [6.45, 7) is 5.66. The van der Waals surface area contributed by atoms with Gasteiger partial charge in [0.2, 0.25) is 0 Å². The lowest BCUT2D eigenvalue weighted by atomic mass is 9.82. The summed E-state index contributed by atoms with van der Waals surface area (Å²) in [5, 5.41) is 14.7. The quantitative estimate of drug-likeness (QED) is 0.725. The molecule has 0 aliphatic carbocycles. The van der Waals surface area contributed by atoms with Crippen LogP contribution in [-0.2, 0) is 4.79 Å². The van der Waals surface area contributed by atoms with Crippen molar-refractivity contribution in [2.24, 2.45) is 5.41 Å². The fraction of sp³-hybridized carbons (Fsp3) is 0.467. The first-order valence-electron chi connectivity index (χ1n) is 6.89. The lowest BCUT2D eigenvalue weighted by molar-refractivity contribution is -0.149. The van der Waals surface area contributed by atoms with Crippen molar-refractivity contribution in [3.63, 3.8) is 0 Å². The van der Waals surface area contributed by atoms with Crippen molar-refractivity contribution in [3.05, 3.63) is 28.2 Å². The third-order valence-electron chi connectivity index (χ3n) is 3.81. The second-order valence-electron chi connectivity index (χ2n) is 5.06. The number of aliphatic carboxylic acids is 1. The average molecular weight is 357 g/mol. The molecule has 0 fully saturated rings. The molecule has 3 N–H and O–H groups in total. The number of carbonyl (C=O) groups excluding carboxylic acids is 1. The van der Waals surface area contributed by atoms with E-state index in [1.807, 2.05) is 32.9 Å². The van der Waals surface area contributed by atoms with Crippen LogP contribution in [-0.4, -0.2) is 23.7 Å². The molecule has 0 aliphatic heterocycles. The second-order valence-corrected chi connectivity index (χ2v) is 5.92. The first-order valence-corrected chi connectivity index (χ1v) is 7.68.